The van der Waals surface area contributed by atoms with Crippen molar-refractivity contribution in [1.29, 1.82) is 0 Å². The third-order valence-corrected chi connectivity index (χ3v) is 4.75. The minimum atomic E-state index is 0.0915. The van der Waals surface area contributed by atoms with Crippen LogP contribution in [0.1, 0.15) is 10.4 Å². The number of rotatable bonds is 3. The fraction of sp³-hybridized carbons (Fsp3) is 0.0588. The van der Waals surface area contributed by atoms with E-state index in [4.69, 9.17) is 0 Å². The number of ketones is 1. The molecule has 0 amide bonds. The van der Waals surface area contributed by atoms with E-state index in [9.17, 15) is 4.79 Å². The van der Waals surface area contributed by atoms with Crippen molar-refractivity contribution in [2.45, 2.75) is 6.54 Å². The van der Waals surface area contributed by atoms with Crippen molar-refractivity contribution in [3.8, 4) is 0 Å². The lowest BCUT2D eigenvalue weighted by Crippen LogP contribution is -2.40. The van der Waals surface area contributed by atoms with Crippen molar-refractivity contribution in [3.05, 3.63) is 75.3 Å². The first-order chi connectivity index (χ1) is 10.2. The average molecular weight is 406 g/mol. The lowest BCUT2D eigenvalue weighted by molar-refractivity contribution is -0.668. The molecule has 0 unspecified atom stereocenters. The number of nitrogens with zero attached hydrogens (tertiary/aromatic N) is 1. The predicted molar refractivity (Wildman–Crippen MR) is 90.3 cm³/mol. The van der Waals surface area contributed by atoms with Gasteiger partial charge in [0.05, 0.1) is 5.39 Å². The van der Waals surface area contributed by atoms with Crippen molar-refractivity contribution in [1.82, 2.24) is 0 Å². The van der Waals surface area contributed by atoms with E-state index in [-0.39, 0.29) is 5.78 Å². The molecule has 2 aromatic carbocycles. The summed E-state index contributed by atoms with van der Waals surface area (Å²) >= 11 is 7.09. The number of hydrogen-bond acceptors (Lipinski definition) is 1. The van der Waals surface area contributed by atoms with Gasteiger partial charge in [-0.1, -0.05) is 36.4 Å². The van der Waals surface area contributed by atoms with Crippen LogP contribution in [0.5, 0.6) is 0 Å². The van der Waals surface area contributed by atoms with E-state index in [1.165, 1.54) is 0 Å². The Morgan fingerprint density at radius 3 is 2.43 bits per heavy atom. The van der Waals surface area contributed by atoms with Crippen LogP contribution >= 0.6 is 31.9 Å². The summed E-state index contributed by atoms with van der Waals surface area (Å²) in [5, 5.41) is 1.08. The molecule has 0 aliphatic heterocycles. The van der Waals surface area contributed by atoms with Gasteiger partial charge in [0.2, 0.25) is 22.4 Å². The molecule has 2 nitrogen and oxygen atoms in total. The molecule has 0 fully saturated rings. The number of halogens is 2. The minimum absolute atomic E-state index is 0.0915. The molecule has 21 heavy (non-hydrogen) atoms. The van der Waals surface area contributed by atoms with Gasteiger partial charge >= 0.3 is 0 Å². The highest BCUT2D eigenvalue weighted by Gasteiger charge is 2.19. The minimum Gasteiger partial charge on any atom is -0.287 e. The zero-order valence-electron chi connectivity index (χ0n) is 11.1. The molecule has 0 spiro atoms. The number of benzene rings is 2. The van der Waals surface area contributed by atoms with Gasteiger partial charge in [0.15, 0.2) is 0 Å². The zero-order valence-corrected chi connectivity index (χ0v) is 14.3. The summed E-state index contributed by atoms with van der Waals surface area (Å²) in [5.41, 5.74) is 1.74. The Bertz CT molecular complexity index is 816. The van der Waals surface area contributed by atoms with E-state index < -0.39 is 0 Å². The number of aromatic nitrogens is 1. The summed E-state index contributed by atoms with van der Waals surface area (Å²) in [4.78, 5) is 12.4. The molecule has 0 atom stereocenters. The highest BCUT2D eigenvalue weighted by molar-refractivity contribution is 9.10. The number of fused-ring (bicyclic) bond motifs is 1. The van der Waals surface area contributed by atoms with Crippen LogP contribution in [0.4, 0.5) is 0 Å². The molecule has 0 radical (unpaired) electrons. The smallest absolute Gasteiger partial charge is 0.248 e. The number of carbonyl (C=O) groups excluding carboxylic acids is 1. The van der Waals surface area contributed by atoms with E-state index in [1.807, 2.05) is 65.2 Å². The molecule has 3 rings (SSSR count). The number of Topliss-reactive ketones (excluding diaryl/α,β-unsaturated/α-hetero) is 1. The van der Waals surface area contributed by atoms with Gasteiger partial charge in [-0.25, -0.2) is 0 Å². The molecule has 0 N–H and O–H groups in total. The predicted octanol–water partition coefficient (Wildman–Crippen LogP) is 4.54. The second-order valence-corrected chi connectivity index (χ2v) is 6.37. The van der Waals surface area contributed by atoms with Crippen molar-refractivity contribution >= 4 is 48.5 Å². The number of hydrogen-bond donors (Lipinski definition) is 0. The summed E-state index contributed by atoms with van der Waals surface area (Å²) in [6.07, 6.45) is 0. The monoisotopic (exact) mass is 404 g/mol. The Morgan fingerprint density at radius 1 is 0.905 bits per heavy atom. The zero-order chi connectivity index (χ0) is 14.8. The van der Waals surface area contributed by atoms with Gasteiger partial charge in [-0.05, 0) is 28.1 Å². The second kappa shape index (κ2) is 6.08. The maximum absolute atomic E-state index is 12.4. The van der Waals surface area contributed by atoms with E-state index >= 15 is 0 Å². The molecule has 1 heterocycles. The molecule has 0 saturated carbocycles. The summed E-state index contributed by atoms with van der Waals surface area (Å²) in [7, 11) is 0. The van der Waals surface area contributed by atoms with Gasteiger partial charge in [-0.3, -0.25) is 4.79 Å². The van der Waals surface area contributed by atoms with Crippen LogP contribution in [0.3, 0.4) is 0 Å². The van der Waals surface area contributed by atoms with Gasteiger partial charge in [0.1, 0.15) is 0 Å². The third kappa shape index (κ3) is 2.92. The van der Waals surface area contributed by atoms with Gasteiger partial charge in [0.25, 0.3) is 0 Å². The SMILES string of the molecule is O=C(C[n+]1c(Br)ccc2c(Br)cccc21)c1ccccc1. The fourth-order valence-corrected chi connectivity index (χ4v) is 3.24. The lowest BCUT2D eigenvalue weighted by Gasteiger charge is -2.05. The molecule has 104 valence electrons. The average Bonchev–Trinajstić information content (AvgIpc) is 2.51. The second-order valence-electron chi connectivity index (χ2n) is 4.70. The normalized spacial score (nSPS) is 10.8. The Balaban J connectivity index is 2.06. The van der Waals surface area contributed by atoms with Crippen LogP contribution in [0, 0.1) is 0 Å². The standard InChI is InChI=1S/C17H12Br2NO/c18-14-7-4-8-15-13(14)9-10-17(19)20(15)11-16(21)12-5-2-1-3-6-12/h1-10H,11H2/q+1. The Morgan fingerprint density at radius 2 is 1.67 bits per heavy atom. The van der Waals surface area contributed by atoms with Crippen LogP contribution in [-0.2, 0) is 6.54 Å². The van der Waals surface area contributed by atoms with Crippen molar-refractivity contribution in [2.75, 3.05) is 0 Å². The van der Waals surface area contributed by atoms with Crippen molar-refractivity contribution < 1.29 is 9.36 Å². The molecule has 0 bridgehead atoms. The quantitative estimate of drug-likeness (QED) is 0.356. The van der Waals surface area contributed by atoms with E-state index in [1.54, 1.807) is 0 Å². The van der Waals surface area contributed by atoms with E-state index in [0.717, 1.165) is 25.5 Å². The highest BCUT2D eigenvalue weighted by Crippen LogP contribution is 2.23. The third-order valence-electron chi connectivity index (χ3n) is 3.36. The van der Waals surface area contributed by atoms with Crippen molar-refractivity contribution in [2.24, 2.45) is 0 Å². The van der Waals surface area contributed by atoms with Crippen molar-refractivity contribution in [3.63, 3.8) is 0 Å². The van der Waals surface area contributed by atoms with Crippen LogP contribution in [-0.4, -0.2) is 5.78 Å². The summed E-state index contributed by atoms with van der Waals surface area (Å²) in [6, 6.07) is 19.4. The first-order valence-corrected chi connectivity index (χ1v) is 8.10. The molecular weight excluding hydrogens is 394 g/mol. The van der Waals surface area contributed by atoms with Crippen LogP contribution < -0.4 is 4.57 Å². The Hall–Kier alpha value is -1.52. The molecule has 0 aliphatic carbocycles. The summed E-state index contributed by atoms with van der Waals surface area (Å²) < 4.78 is 3.89. The molecule has 0 saturated heterocycles. The van der Waals surface area contributed by atoms with Crippen LogP contribution in [0.25, 0.3) is 10.9 Å². The first kappa shape index (κ1) is 14.4. The van der Waals surface area contributed by atoms with Gasteiger partial charge in [-0.15, -0.1) is 0 Å². The van der Waals surface area contributed by atoms with E-state index in [0.29, 0.717) is 6.54 Å². The number of carbonyl (C=O) groups is 1. The van der Waals surface area contributed by atoms with Crippen LogP contribution in [0.2, 0.25) is 0 Å². The van der Waals surface area contributed by atoms with Crippen LogP contribution in [0.15, 0.2) is 69.7 Å². The maximum atomic E-state index is 12.4. The Kier molecular flexibility index (Phi) is 4.17. The van der Waals surface area contributed by atoms with Gasteiger partial charge in [0, 0.05) is 38.1 Å². The highest BCUT2D eigenvalue weighted by atomic mass is 79.9. The number of pyridine rings is 1. The fourth-order valence-electron chi connectivity index (χ4n) is 2.30. The Labute approximate surface area is 139 Å². The summed E-state index contributed by atoms with van der Waals surface area (Å²) in [5.74, 6) is 0.0915. The van der Waals surface area contributed by atoms with Gasteiger partial charge in [-0.2, -0.15) is 4.57 Å². The van der Waals surface area contributed by atoms with Gasteiger partial charge < -0.3 is 0 Å². The molecule has 4 heteroatoms. The molecule has 1 aromatic heterocycles. The lowest BCUT2D eigenvalue weighted by atomic mass is 10.1. The largest absolute Gasteiger partial charge is 0.287 e. The summed E-state index contributed by atoms with van der Waals surface area (Å²) in [6.45, 7) is 0.304. The first-order valence-electron chi connectivity index (χ1n) is 6.51. The molecule has 0 aliphatic rings. The molecule has 3 aromatic rings. The molecular formula is C17H12Br2NO+. The maximum Gasteiger partial charge on any atom is 0.248 e. The topological polar surface area (TPSA) is 20.9 Å². The van der Waals surface area contributed by atoms with E-state index in [2.05, 4.69) is 31.9 Å².